The molecule has 0 saturated carbocycles. The number of H-pyrrole nitrogens is 2. The average molecular weight is 394 g/mol. The summed E-state index contributed by atoms with van der Waals surface area (Å²) in [6.07, 6.45) is 3.60. The molecule has 0 aromatic carbocycles. The normalized spacial score (nSPS) is 11.4. The quantitative estimate of drug-likeness (QED) is 0.427. The van der Waals surface area contributed by atoms with E-state index >= 15 is 0 Å². The van der Waals surface area contributed by atoms with Crippen LogP contribution < -0.4 is 0 Å². The molecule has 7 heteroatoms. The summed E-state index contributed by atoms with van der Waals surface area (Å²) in [5.74, 6) is 0. The highest BCUT2D eigenvalue weighted by molar-refractivity contribution is 7.08. The van der Waals surface area contributed by atoms with Crippen LogP contribution >= 0.6 is 11.3 Å². The highest BCUT2D eigenvalue weighted by Crippen LogP contribution is 2.33. The number of nitrogens with zero attached hydrogens (tertiary/aromatic N) is 4. The van der Waals surface area contributed by atoms with Crippen LogP contribution in [0.4, 0.5) is 0 Å². The maximum absolute atomic E-state index is 4.83. The van der Waals surface area contributed by atoms with Crippen molar-refractivity contribution in [2.75, 3.05) is 0 Å². The minimum atomic E-state index is 0.770. The number of aromatic amines is 2. The van der Waals surface area contributed by atoms with Crippen molar-refractivity contribution in [3.63, 3.8) is 0 Å². The van der Waals surface area contributed by atoms with E-state index < -0.39 is 0 Å². The second-order valence-corrected chi connectivity index (χ2v) is 7.48. The number of thiophene rings is 1. The monoisotopic (exact) mass is 394 g/mol. The lowest BCUT2D eigenvalue weighted by molar-refractivity contribution is 1.12. The predicted molar refractivity (Wildman–Crippen MR) is 116 cm³/mol. The van der Waals surface area contributed by atoms with Gasteiger partial charge in [-0.15, -0.1) is 0 Å². The van der Waals surface area contributed by atoms with Crippen molar-refractivity contribution in [1.82, 2.24) is 30.1 Å². The Hall–Kier alpha value is -3.84. The van der Waals surface area contributed by atoms with Crippen molar-refractivity contribution in [2.45, 2.75) is 0 Å². The van der Waals surface area contributed by atoms with Gasteiger partial charge in [-0.3, -0.25) is 10.1 Å². The number of pyridine rings is 3. The number of fused-ring (bicyclic) bond motifs is 2. The van der Waals surface area contributed by atoms with E-state index in [1.54, 1.807) is 17.5 Å². The maximum Gasteiger partial charge on any atom is 0.138 e. The zero-order valence-electron chi connectivity index (χ0n) is 15.1. The van der Waals surface area contributed by atoms with Crippen molar-refractivity contribution in [3.05, 3.63) is 71.7 Å². The lowest BCUT2D eigenvalue weighted by Gasteiger charge is -2.00. The lowest BCUT2D eigenvalue weighted by Crippen LogP contribution is -1.88. The molecule has 0 saturated heterocycles. The molecular weight excluding hydrogens is 380 g/mol. The molecule has 0 aliphatic heterocycles. The molecule has 0 fully saturated rings. The number of nitrogens with one attached hydrogen (secondary N) is 2. The molecule has 0 unspecified atom stereocenters. The van der Waals surface area contributed by atoms with E-state index in [0.29, 0.717) is 0 Å². The molecule has 0 aliphatic rings. The topological polar surface area (TPSA) is 83.1 Å². The van der Waals surface area contributed by atoms with Crippen LogP contribution in [0.25, 0.3) is 56.0 Å². The molecular formula is C22H14N6S. The standard InChI is InChI=1S/C22H14N6S/c1-2-8-23-16(3-1)17-4-5-18-20(25-17)21(28-27-18)19-11-15-14(13-7-10-29-12-13)6-9-24-22(15)26-19/h1-12H,(H,24,26)(H,27,28). The van der Waals surface area contributed by atoms with Gasteiger partial charge >= 0.3 is 0 Å². The van der Waals surface area contributed by atoms with E-state index in [1.807, 2.05) is 42.6 Å². The molecule has 6 nitrogen and oxygen atoms in total. The Bertz CT molecular complexity index is 1450. The van der Waals surface area contributed by atoms with Crippen LogP contribution in [0.1, 0.15) is 0 Å². The Morgan fingerprint density at radius 1 is 0.897 bits per heavy atom. The minimum Gasteiger partial charge on any atom is -0.338 e. The first-order valence-electron chi connectivity index (χ1n) is 9.14. The molecule has 138 valence electrons. The summed E-state index contributed by atoms with van der Waals surface area (Å²) in [4.78, 5) is 17.1. The molecule has 6 heterocycles. The van der Waals surface area contributed by atoms with Crippen molar-refractivity contribution in [2.24, 2.45) is 0 Å². The van der Waals surface area contributed by atoms with Gasteiger partial charge in [0.25, 0.3) is 0 Å². The Morgan fingerprint density at radius 3 is 2.76 bits per heavy atom. The van der Waals surface area contributed by atoms with Gasteiger partial charge in [-0.25, -0.2) is 9.97 Å². The van der Waals surface area contributed by atoms with Crippen LogP contribution in [-0.2, 0) is 0 Å². The fourth-order valence-electron chi connectivity index (χ4n) is 3.57. The van der Waals surface area contributed by atoms with E-state index in [4.69, 9.17) is 4.98 Å². The summed E-state index contributed by atoms with van der Waals surface area (Å²) in [5.41, 5.74) is 8.16. The molecule has 0 atom stereocenters. The van der Waals surface area contributed by atoms with E-state index in [1.165, 1.54) is 5.56 Å². The number of hydrogen-bond acceptors (Lipinski definition) is 5. The van der Waals surface area contributed by atoms with Crippen molar-refractivity contribution >= 4 is 33.4 Å². The van der Waals surface area contributed by atoms with Gasteiger partial charge in [0.15, 0.2) is 0 Å². The van der Waals surface area contributed by atoms with Crippen LogP contribution in [0.2, 0.25) is 0 Å². The molecule has 6 aromatic heterocycles. The molecule has 2 N–H and O–H groups in total. The van der Waals surface area contributed by atoms with Gasteiger partial charge in [0.1, 0.15) is 16.9 Å². The van der Waals surface area contributed by atoms with Crippen molar-refractivity contribution < 1.29 is 0 Å². The summed E-state index contributed by atoms with van der Waals surface area (Å²) in [5, 5.41) is 12.9. The lowest BCUT2D eigenvalue weighted by atomic mass is 10.1. The van der Waals surface area contributed by atoms with Crippen LogP contribution in [0.15, 0.2) is 71.7 Å². The van der Waals surface area contributed by atoms with E-state index in [-0.39, 0.29) is 0 Å². The smallest absolute Gasteiger partial charge is 0.138 e. The largest absolute Gasteiger partial charge is 0.338 e. The van der Waals surface area contributed by atoms with Gasteiger partial charge in [-0.05, 0) is 64.4 Å². The van der Waals surface area contributed by atoms with E-state index in [2.05, 4.69) is 48.0 Å². The van der Waals surface area contributed by atoms with Crippen LogP contribution in [0.5, 0.6) is 0 Å². The Labute approximate surface area is 169 Å². The molecule has 0 spiro atoms. The molecule has 0 bridgehead atoms. The fraction of sp³-hybridized carbons (Fsp3) is 0. The Balaban J connectivity index is 1.53. The van der Waals surface area contributed by atoms with Crippen LogP contribution in [-0.4, -0.2) is 30.1 Å². The third kappa shape index (κ3) is 2.63. The third-order valence-electron chi connectivity index (χ3n) is 4.95. The van der Waals surface area contributed by atoms with Gasteiger partial charge in [0.05, 0.1) is 22.6 Å². The van der Waals surface area contributed by atoms with E-state index in [0.717, 1.165) is 50.4 Å². The van der Waals surface area contributed by atoms with E-state index in [9.17, 15) is 0 Å². The molecule has 6 rings (SSSR count). The number of rotatable bonds is 3. The SMILES string of the molecule is c1ccc(-c2ccc3[nH]nc(-c4cc5c(-c6ccsc6)ccnc5[nH]4)c3n2)nc1. The molecule has 6 aromatic rings. The summed E-state index contributed by atoms with van der Waals surface area (Å²) >= 11 is 1.69. The van der Waals surface area contributed by atoms with Crippen LogP contribution in [0, 0.1) is 0 Å². The highest BCUT2D eigenvalue weighted by atomic mass is 32.1. The summed E-state index contributed by atoms with van der Waals surface area (Å²) in [6.45, 7) is 0. The van der Waals surface area contributed by atoms with Crippen LogP contribution in [0.3, 0.4) is 0 Å². The first-order valence-corrected chi connectivity index (χ1v) is 10.1. The summed E-state index contributed by atoms with van der Waals surface area (Å²) in [6, 6.07) is 16.0. The predicted octanol–water partition coefficient (Wildman–Crippen LogP) is 5.29. The molecule has 0 radical (unpaired) electrons. The zero-order valence-corrected chi connectivity index (χ0v) is 15.9. The van der Waals surface area contributed by atoms with Gasteiger partial charge in [0, 0.05) is 17.8 Å². The van der Waals surface area contributed by atoms with Gasteiger partial charge in [-0.1, -0.05) is 6.07 Å². The second-order valence-electron chi connectivity index (χ2n) is 6.70. The van der Waals surface area contributed by atoms with Crippen molar-refractivity contribution in [3.8, 4) is 33.9 Å². The molecule has 0 amide bonds. The zero-order chi connectivity index (χ0) is 19.2. The number of hydrogen-bond donors (Lipinski definition) is 2. The maximum atomic E-state index is 4.83. The fourth-order valence-corrected chi connectivity index (χ4v) is 4.22. The summed E-state index contributed by atoms with van der Waals surface area (Å²) in [7, 11) is 0. The van der Waals surface area contributed by atoms with Gasteiger partial charge < -0.3 is 4.98 Å². The Morgan fingerprint density at radius 2 is 1.90 bits per heavy atom. The first-order chi connectivity index (χ1) is 14.4. The average Bonchev–Trinajstić information content (AvgIpc) is 3.52. The molecule has 29 heavy (non-hydrogen) atoms. The number of aromatic nitrogens is 6. The second kappa shape index (κ2) is 6.35. The summed E-state index contributed by atoms with van der Waals surface area (Å²) < 4.78 is 0. The first kappa shape index (κ1) is 16.1. The minimum absolute atomic E-state index is 0.770. The highest BCUT2D eigenvalue weighted by Gasteiger charge is 2.16. The van der Waals surface area contributed by atoms with Gasteiger partial charge in [0.2, 0.25) is 0 Å². The third-order valence-corrected chi connectivity index (χ3v) is 5.64. The van der Waals surface area contributed by atoms with Crippen molar-refractivity contribution in [1.29, 1.82) is 0 Å². The Kier molecular flexibility index (Phi) is 3.54. The molecule has 0 aliphatic carbocycles. The van der Waals surface area contributed by atoms with Gasteiger partial charge in [-0.2, -0.15) is 16.4 Å².